The van der Waals surface area contributed by atoms with E-state index in [1.54, 1.807) is 5.71 Å². The minimum Gasteiger partial charge on any atom is -0.194 e. The molecule has 1 saturated carbocycles. The van der Waals surface area contributed by atoms with Gasteiger partial charge >= 0.3 is 0 Å². The third-order valence-corrected chi connectivity index (χ3v) is 6.86. The maximum absolute atomic E-state index is 2.77. The van der Waals surface area contributed by atoms with E-state index >= 15 is 0 Å². The molecular formula is C24H38N+. The summed E-state index contributed by atoms with van der Waals surface area (Å²) in [4.78, 5) is 0. The molecule has 3 rings (SSSR count). The SMILES string of the molecule is CC1=[N+](c2c(C(C)C)cccc2C(C)C)C(C)(C)CC12CCCCC2. The average molecular weight is 341 g/mol. The van der Waals surface area contributed by atoms with Crippen LogP contribution in [0.4, 0.5) is 5.69 Å². The molecule has 138 valence electrons. The molecule has 1 aliphatic heterocycles. The average Bonchev–Trinajstić information content (AvgIpc) is 2.72. The Labute approximate surface area is 155 Å². The van der Waals surface area contributed by atoms with Gasteiger partial charge in [-0.05, 0) is 24.7 Å². The van der Waals surface area contributed by atoms with E-state index in [1.807, 2.05) is 0 Å². The van der Waals surface area contributed by atoms with E-state index in [-0.39, 0.29) is 5.54 Å². The molecular weight excluding hydrogens is 302 g/mol. The second-order valence-electron chi connectivity index (χ2n) is 9.85. The van der Waals surface area contributed by atoms with E-state index in [2.05, 4.69) is 71.2 Å². The van der Waals surface area contributed by atoms with Crippen LogP contribution in [-0.4, -0.2) is 15.8 Å². The maximum atomic E-state index is 2.77. The highest BCUT2D eigenvalue weighted by atomic mass is 15.1. The highest BCUT2D eigenvalue weighted by Gasteiger charge is 2.56. The van der Waals surface area contributed by atoms with E-state index in [0.717, 1.165) is 0 Å². The first-order chi connectivity index (χ1) is 11.7. The van der Waals surface area contributed by atoms with Crippen LogP contribution in [0.5, 0.6) is 0 Å². The minimum atomic E-state index is 0.204. The van der Waals surface area contributed by atoms with E-state index in [4.69, 9.17) is 0 Å². The highest BCUT2D eigenvalue weighted by molar-refractivity contribution is 5.86. The maximum Gasteiger partial charge on any atom is 0.212 e. The summed E-state index contributed by atoms with van der Waals surface area (Å²) in [6.45, 7) is 16.8. The highest BCUT2D eigenvalue weighted by Crippen LogP contribution is 2.52. The van der Waals surface area contributed by atoms with Gasteiger partial charge in [0, 0.05) is 38.3 Å². The van der Waals surface area contributed by atoms with Gasteiger partial charge in [0.1, 0.15) is 0 Å². The van der Waals surface area contributed by atoms with Crippen molar-refractivity contribution in [3.8, 4) is 0 Å². The van der Waals surface area contributed by atoms with Crippen molar-refractivity contribution in [2.24, 2.45) is 5.41 Å². The largest absolute Gasteiger partial charge is 0.212 e. The topological polar surface area (TPSA) is 3.01 Å². The summed E-state index contributed by atoms with van der Waals surface area (Å²) in [6, 6.07) is 6.99. The van der Waals surface area contributed by atoms with Gasteiger partial charge in [-0.1, -0.05) is 65.2 Å². The fourth-order valence-electron chi connectivity index (χ4n) is 5.73. The summed E-state index contributed by atoms with van der Waals surface area (Å²) >= 11 is 0. The first kappa shape index (κ1) is 18.7. The molecule has 0 aromatic heterocycles. The monoisotopic (exact) mass is 340 g/mol. The van der Waals surface area contributed by atoms with Crippen molar-refractivity contribution in [3.63, 3.8) is 0 Å². The predicted molar refractivity (Wildman–Crippen MR) is 109 cm³/mol. The normalized spacial score (nSPS) is 22.4. The lowest BCUT2D eigenvalue weighted by Crippen LogP contribution is -2.31. The number of para-hydroxylation sites is 1. The van der Waals surface area contributed by atoms with Gasteiger partial charge in [0.15, 0.2) is 11.3 Å². The molecule has 2 aliphatic rings. The standard InChI is InChI=1S/C24H38N/c1-17(2)20-12-11-13-21(18(3)4)22(20)25-19(5)24(16-23(25,6)7)14-9-8-10-15-24/h11-13,17-18H,8-10,14-16H2,1-7H3/q+1. The summed E-state index contributed by atoms with van der Waals surface area (Å²) in [5, 5.41) is 0. The van der Waals surface area contributed by atoms with E-state index in [1.165, 1.54) is 55.3 Å². The molecule has 1 aromatic carbocycles. The van der Waals surface area contributed by atoms with Gasteiger partial charge in [0.05, 0.1) is 5.41 Å². The van der Waals surface area contributed by atoms with E-state index in [0.29, 0.717) is 17.3 Å². The van der Waals surface area contributed by atoms with Crippen LogP contribution in [-0.2, 0) is 0 Å². The molecule has 1 spiro atoms. The molecule has 1 heteroatoms. The molecule has 0 unspecified atom stereocenters. The smallest absolute Gasteiger partial charge is 0.194 e. The molecule has 0 amide bonds. The predicted octanol–water partition coefficient (Wildman–Crippen LogP) is 7.17. The molecule has 1 nitrogen and oxygen atoms in total. The zero-order chi connectivity index (χ0) is 18.4. The molecule has 0 saturated heterocycles. The Kier molecular flexibility index (Phi) is 4.90. The van der Waals surface area contributed by atoms with Gasteiger partial charge in [0.2, 0.25) is 5.69 Å². The van der Waals surface area contributed by atoms with Crippen molar-refractivity contribution in [2.45, 2.75) is 104 Å². The number of rotatable bonds is 3. The molecule has 0 bridgehead atoms. The lowest BCUT2D eigenvalue weighted by molar-refractivity contribution is -0.517. The minimum absolute atomic E-state index is 0.204. The van der Waals surface area contributed by atoms with Gasteiger partial charge in [-0.2, -0.15) is 4.58 Å². The summed E-state index contributed by atoms with van der Waals surface area (Å²) in [5.74, 6) is 1.11. The van der Waals surface area contributed by atoms with Crippen LogP contribution in [0.25, 0.3) is 0 Å². The van der Waals surface area contributed by atoms with Crippen LogP contribution in [0, 0.1) is 5.41 Å². The van der Waals surface area contributed by atoms with Gasteiger partial charge < -0.3 is 0 Å². The molecule has 25 heavy (non-hydrogen) atoms. The van der Waals surface area contributed by atoms with Crippen LogP contribution in [0.3, 0.4) is 0 Å². The first-order valence-corrected chi connectivity index (χ1v) is 10.5. The Morgan fingerprint density at radius 2 is 1.40 bits per heavy atom. The molecule has 1 fully saturated rings. The summed E-state index contributed by atoms with van der Waals surface area (Å²) in [7, 11) is 0. The van der Waals surface area contributed by atoms with Crippen LogP contribution < -0.4 is 0 Å². The molecule has 1 aliphatic carbocycles. The third-order valence-electron chi connectivity index (χ3n) is 6.86. The Morgan fingerprint density at radius 3 is 1.88 bits per heavy atom. The van der Waals surface area contributed by atoms with Gasteiger partial charge in [-0.25, -0.2) is 0 Å². The van der Waals surface area contributed by atoms with Crippen LogP contribution in [0.15, 0.2) is 18.2 Å². The second kappa shape index (κ2) is 6.56. The number of hydrogen-bond donors (Lipinski definition) is 0. The van der Waals surface area contributed by atoms with Gasteiger partial charge in [0.25, 0.3) is 0 Å². The molecule has 1 heterocycles. The first-order valence-electron chi connectivity index (χ1n) is 10.5. The van der Waals surface area contributed by atoms with E-state index in [9.17, 15) is 0 Å². The fourth-order valence-corrected chi connectivity index (χ4v) is 5.73. The van der Waals surface area contributed by atoms with E-state index < -0.39 is 0 Å². The van der Waals surface area contributed by atoms with Gasteiger partial charge in [-0.3, -0.25) is 0 Å². The Bertz CT molecular complexity index is 643. The number of benzene rings is 1. The van der Waals surface area contributed by atoms with Crippen LogP contribution in [0.2, 0.25) is 0 Å². The van der Waals surface area contributed by atoms with Crippen molar-refractivity contribution >= 4 is 11.4 Å². The van der Waals surface area contributed by atoms with Gasteiger partial charge in [-0.15, -0.1) is 0 Å². The van der Waals surface area contributed by atoms with Crippen molar-refractivity contribution in [2.75, 3.05) is 0 Å². The summed E-state index contributed by atoms with van der Waals surface area (Å²) < 4.78 is 2.77. The Balaban J connectivity index is 2.26. The van der Waals surface area contributed by atoms with Crippen LogP contribution in [0.1, 0.15) is 110 Å². The Hall–Kier alpha value is -1.11. The zero-order valence-corrected chi connectivity index (χ0v) is 17.6. The number of hydrogen-bond acceptors (Lipinski definition) is 0. The quantitative estimate of drug-likeness (QED) is 0.513. The summed E-state index contributed by atoms with van der Waals surface area (Å²) in [6.07, 6.45) is 8.33. The lowest BCUT2D eigenvalue weighted by atomic mass is 9.68. The second-order valence-corrected chi connectivity index (χ2v) is 9.85. The lowest BCUT2D eigenvalue weighted by Gasteiger charge is -2.31. The summed E-state index contributed by atoms with van der Waals surface area (Å²) in [5.41, 5.74) is 6.86. The molecule has 0 N–H and O–H groups in total. The molecule has 0 radical (unpaired) electrons. The van der Waals surface area contributed by atoms with Crippen molar-refractivity contribution in [1.82, 2.24) is 0 Å². The molecule has 0 atom stereocenters. The van der Waals surface area contributed by atoms with Crippen molar-refractivity contribution in [3.05, 3.63) is 29.3 Å². The zero-order valence-electron chi connectivity index (χ0n) is 17.6. The fraction of sp³-hybridized carbons (Fsp3) is 0.708. The van der Waals surface area contributed by atoms with Crippen molar-refractivity contribution in [1.29, 1.82) is 0 Å². The third kappa shape index (κ3) is 3.09. The van der Waals surface area contributed by atoms with Crippen molar-refractivity contribution < 1.29 is 4.58 Å². The number of nitrogens with zero attached hydrogens (tertiary/aromatic N) is 1. The van der Waals surface area contributed by atoms with Crippen LogP contribution >= 0.6 is 0 Å². The molecule has 1 aromatic rings. The Morgan fingerprint density at radius 1 is 0.880 bits per heavy atom.